The van der Waals surface area contributed by atoms with Gasteiger partial charge in [0.2, 0.25) is 0 Å². The van der Waals surface area contributed by atoms with Crippen LogP contribution < -0.4 is 0 Å². The SMILES string of the molecule is CC1=Cc2oncc2CC1(C)CCO. The van der Waals surface area contributed by atoms with Crippen molar-refractivity contribution in [1.29, 1.82) is 0 Å². The highest BCUT2D eigenvalue weighted by Crippen LogP contribution is 2.40. The molecule has 0 saturated carbocycles. The van der Waals surface area contributed by atoms with Crippen LogP contribution in [0.1, 0.15) is 31.6 Å². The number of hydrogen-bond donors (Lipinski definition) is 1. The number of rotatable bonds is 2. The van der Waals surface area contributed by atoms with Crippen molar-refractivity contribution in [2.45, 2.75) is 26.7 Å². The van der Waals surface area contributed by atoms with Gasteiger partial charge in [0.05, 0.1) is 6.20 Å². The molecule has 0 amide bonds. The van der Waals surface area contributed by atoms with Crippen LogP contribution in [0.3, 0.4) is 0 Å². The summed E-state index contributed by atoms with van der Waals surface area (Å²) in [5.41, 5.74) is 2.47. The molecule has 3 nitrogen and oxygen atoms in total. The molecule has 0 aromatic carbocycles. The Kier molecular flexibility index (Phi) is 2.19. The summed E-state index contributed by atoms with van der Waals surface area (Å²) in [4.78, 5) is 0. The van der Waals surface area contributed by atoms with Gasteiger partial charge in [-0.25, -0.2) is 0 Å². The van der Waals surface area contributed by atoms with Crippen LogP contribution in [-0.2, 0) is 6.42 Å². The zero-order valence-electron chi connectivity index (χ0n) is 8.58. The molecule has 2 rings (SSSR count). The standard InChI is InChI=1S/C11H15NO2/c1-8-5-10-9(7-12-14-10)6-11(8,2)3-4-13/h5,7,13H,3-4,6H2,1-2H3. The van der Waals surface area contributed by atoms with E-state index in [9.17, 15) is 0 Å². The quantitative estimate of drug-likeness (QED) is 0.781. The van der Waals surface area contributed by atoms with Gasteiger partial charge in [0.15, 0.2) is 5.76 Å². The summed E-state index contributed by atoms with van der Waals surface area (Å²) in [5.74, 6) is 0.873. The van der Waals surface area contributed by atoms with Gasteiger partial charge in [-0.1, -0.05) is 17.7 Å². The molecule has 0 fully saturated rings. The van der Waals surface area contributed by atoms with Gasteiger partial charge in [0.1, 0.15) is 0 Å². The molecule has 1 heterocycles. The maximum Gasteiger partial charge on any atom is 0.162 e. The molecular formula is C11H15NO2. The van der Waals surface area contributed by atoms with Crippen molar-refractivity contribution in [2.75, 3.05) is 6.61 Å². The molecular weight excluding hydrogens is 178 g/mol. The van der Waals surface area contributed by atoms with Crippen molar-refractivity contribution >= 4 is 6.08 Å². The molecule has 3 heteroatoms. The van der Waals surface area contributed by atoms with Gasteiger partial charge in [-0.15, -0.1) is 0 Å². The van der Waals surface area contributed by atoms with Gasteiger partial charge < -0.3 is 9.63 Å². The number of aromatic nitrogens is 1. The van der Waals surface area contributed by atoms with E-state index in [1.54, 1.807) is 6.20 Å². The Hall–Kier alpha value is -1.09. The second kappa shape index (κ2) is 3.24. The van der Waals surface area contributed by atoms with Crippen LogP contribution >= 0.6 is 0 Å². The van der Waals surface area contributed by atoms with Crippen LogP contribution in [-0.4, -0.2) is 16.9 Å². The van der Waals surface area contributed by atoms with E-state index in [0.29, 0.717) is 0 Å². The highest BCUT2D eigenvalue weighted by atomic mass is 16.5. The van der Waals surface area contributed by atoms with Gasteiger partial charge >= 0.3 is 0 Å². The number of fused-ring (bicyclic) bond motifs is 1. The summed E-state index contributed by atoms with van der Waals surface area (Å²) in [5, 5.41) is 12.8. The van der Waals surface area contributed by atoms with Gasteiger partial charge in [-0.2, -0.15) is 0 Å². The molecule has 0 saturated heterocycles. The van der Waals surface area contributed by atoms with Crippen molar-refractivity contribution < 1.29 is 9.63 Å². The second-order valence-corrected chi connectivity index (χ2v) is 4.25. The van der Waals surface area contributed by atoms with Crippen LogP contribution in [0.25, 0.3) is 6.08 Å². The van der Waals surface area contributed by atoms with E-state index in [2.05, 4.69) is 19.0 Å². The minimum atomic E-state index is 0.0628. The van der Waals surface area contributed by atoms with Crippen LogP contribution in [0.5, 0.6) is 0 Å². The topological polar surface area (TPSA) is 46.3 Å². The molecule has 1 aliphatic carbocycles. The molecule has 1 N–H and O–H groups in total. The normalized spacial score (nSPS) is 25.8. The summed E-state index contributed by atoms with van der Waals surface area (Å²) in [7, 11) is 0. The smallest absolute Gasteiger partial charge is 0.162 e. The van der Waals surface area contributed by atoms with E-state index >= 15 is 0 Å². The highest BCUT2D eigenvalue weighted by molar-refractivity contribution is 5.55. The van der Waals surface area contributed by atoms with Crippen molar-refractivity contribution in [3.63, 3.8) is 0 Å². The first-order valence-corrected chi connectivity index (χ1v) is 4.89. The van der Waals surface area contributed by atoms with Crippen LogP contribution in [0.4, 0.5) is 0 Å². The molecule has 76 valence electrons. The Morgan fingerprint density at radius 3 is 3.14 bits per heavy atom. The van der Waals surface area contributed by atoms with Crippen LogP contribution in [0.2, 0.25) is 0 Å². The fraction of sp³-hybridized carbons (Fsp3) is 0.545. The Balaban J connectivity index is 2.35. The third kappa shape index (κ3) is 1.38. The van der Waals surface area contributed by atoms with Crippen molar-refractivity contribution in [3.05, 3.63) is 23.1 Å². The number of hydrogen-bond acceptors (Lipinski definition) is 3. The van der Waals surface area contributed by atoms with E-state index in [4.69, 9.17) is 9.63 Å². The van der Waals surface area contributed by atoms with Crippen molar-refractivity contribution in [1.82, 2.24) is 5.16 Å². The highest BCUT2D eigenvalue weighted by Gasteiger charge is 2.31. The maximum absolute atomic E-state index is 9.03. The van der Waals surface area contributed by atoms with Crippen LogP contribution in [0.15, 0.2) is 16.3 Å². The lowest BCUT2D eigenvalue weighted by Crippen LogP contribution is -2.25. The summed E-state index contributed by atoms with van der Waals surface area (Å²) in [6, 6.07) is 0. The second-order valence-electron chi connectivity index (χ2n) is 4.25. The maximum atomic E-state index is 9.03. The largest absolute Gasteiger partial charge is 0.396 e. The summed E-state index contributed by atoms with van der Waals surface area (Å²) in [6.07, 6.45) is 5.50. The Labute approximate surface area is 83.4 Å². The number of nitrogens with zero attached hydrogens (tertiary/aromatic N) is 1. The molecule has 1 aliphatic rings. The molecule has 1 atom stereocenters. The van der Waals surface area contributed by atoms with E-state index in [1.165, 1.54) is 5.57 Å². The Bertz CT molecular complexity index is 367. The average molecular weight is 193 g/mol. The molecule has 14 heavy (non-hydrogen) atoms. The van der Waals surface area contributed by atoms with Crippen molar-refractivity contribution in [3.8, 4) is 0 Å². The predicted molar refractivity (Wildman–Crippen MR) is 53.7 cm³/mol. The zero-order chi connectivity index (χ0) is 10.2. The van der Waals surface area contributed by atoms with Crippen molar-refractivity contribution in [2.24, 2.45) is 5.41 Å². The van der Waals surface area contributed by atoms with E-state index in [-0.39, 0.29) is 12.0 Å². The average Bonchev–Trinajstić information content (AvgIpc) is 2.53. The van der Waals surface area contributed by atoms with Gasteiger partial charge in [-0.05, 0) is 31.3 Å². The molecule has 1 unspecified atom stereocenters. The zero-order valence-corrected chi connectivity index (χ0v) is 8.58. The van der Waals surface area contributed by atoms with E-state index in [0.717, 1.165) is 24.2 Å². The third-order valence-corrected chi connectivity index (χ3v) is 3.22. The number of allylic oxidation sites excluding steroid dienone is 1. The Morgan fingerprint density at radius 2 is 2.43 bits per heavy atom. The summed E-state index contributed by atoms with van der Waals surface area (Å²) < 4.78 is 5.11. The Morgan fingerprint density at radius 1 is 1.64 bits per heavy atom. The molecule has 0 aliphatic heterocycles. The summed E-state index contributed by atoms with van der Waals surface area (Å²) in [6.45, 7) is 4.48. The van der Waals surface area contributed by atoms with E-state index in [1.807, 2.05) is 6.08 Å². The molecule has 0 radical (unpaired) electrons. The van der Waals surface area contributed by atoms with Gasteiger partial charge in [0.25, 0.3) is 0 Å². The van der Waals surface area contributed by atoms with Gasteiger partial charge in [-0.3, -0.25) is 0 Å². The molecule has 0 spiro atoms. The fourth-order valence-corrected chi connectivity index (χ4v) is 1.98. The molecule has 0 bridgehead atoms. The number of aliphatic hydroxyl groups excluding tert-OH is 1. The fourth-order valence-electron chi connectivity index (χ4n) is 1.98. The predicted octanol–water partition coefficient (Wildman–Crippen LogP) is 2.02. The first kappa shape index (κ1) is 9.46. The lowest BCUT2D eigenvalue weighted by atomic mass is 9.72. The molecule has 1 aromatic heterocycles. The summed E-state index contributed by atoms with van der Waals surface area (Å²) >= 11 is 0. The van der Waals surface area contributed by atoms with E-state index < -0.39 is 0 Å². The lowest BCUT2D eigenvalue weighted by molar-refractivity contribution is 0.221. The minimum absolute atomic E-state index is 0.0628. The molecule has 1 aromatic rings. The monoisotopic (exact) mass is 193 g/mol. The first-order chi connectivity index (χ1) is 6.65. The first-order valence-electron chi connectivity index (χ1n) is 4.89. The number of aliphatic hydroxyl groups is 1. The minimum Gasteiger partial charge on any atom is -0.396 e. The lowest BCUT2D eigenvalue weighted by Gasteiger charge is -2.32. The van der Waals surface area contributed by atoms with Gasteiger partial charge in [0, 0.05) is 12.2 Å². The van der Waals surface area contributed by atoms with Crippen LogP contribution in [0, 0.1) is 5.41 Å². The third-order valence-electron chi connectivity index (χ3n) is 3.22.